The highest BCUT2D eigenvalue weighted by Crippen LogP contribution is 2.10. The highest BCUT2D eigenvalue weighted by atomic mass is 19.1. The van der Waals surface area contributed by atoms with Crippen molar-refractivity contribution in [3.63, 3.8) is 0 Å². The summed E-state index contributed by atoms with van der Waals surface area (Å²) in [6, 6.07) is 5.78. The molecule has 1 N–H and O–H groups in total. The second kappa shape index (κ2) is 5.93. The Kier molecular flexibility index (Phi) is 4.27. The van der Waals surface area contributed by atoms with Crippen molar-refractivity contribution in [3.8, 4) is 0 Å². The van der Waals surface area contributed by atoms with Gasteiger partial charge in [0.05, 0.1) is 12.2 Å². The third-order valence-electron chi connectivity index (χ3n) is 2.75. The molecule has 102 valence electrons. The van der Waals surface area contributed by atoms with Crippen molar-refractivity contribution in [2.24, 2.45) is 0 Å². The molecule has 0 unspecified atom stereocenters. The SMILES string of the molecule is CC(C)NCc1ccnn1Cc1cc(F)cc(F)c1. The summed E-state index contributed by atoms with van der Waals surface area (Å²) < 4.78 is 28.0. The Morgan fingerprint density at radius 3 is 2.53 bits per heavy atom. The van der Waals surface area contributed by atoms with Gasteiger partial charge in [-0.1, -0.05) is 13.8 Å². The molecule has 0 aliphatic heterocycles. The van der Waals surface area contributed by atoms with Gasteiger partial charge in [0.1, 0.15) is 11.6 Å². The molecule has 2 aromatic rings. The Bertz CT molecular complexity index is 529. The highest BCUT2D eigenvalue weighted by molar-refractivity contribution is 5.18. The maximum Gasteiger partial charge on any atom is 0.126 e. The van der Waals surface area contributed by atoms with Crippen LogP contribution in [0.2, 0.25) is 0 Å². The van der Waals surface area contributed by atoms with Gasteiger partial charge in [-0.15, -0.1) is 0 Å². The summed E-state index contributed by atoms with van der Waals surface area (Å²) in [5, 5.41) is 7.47. The predicted molar refractivity (Wildman–Crippen MR) is 69.7 cm³/mol. The predicted octanol–water partition coefficient (Wildman–Crippen LogP) is 2.71. The zero-order chi connectivity index (χ0) is 13.8. The van der Waals surface area contributed by atoms with Crippen LogP contribution in [0.1, 0.15) is 25.1 Å². The maximum absolute atomic E-state index is 13.1. The maximum atomic E-state index is 13.1. The van der Waals surface area contributed by atoms with E-state index in [1.807, 2.05) is 6.07 Å². The van der Waals surface area contributed by atoms with E-state index in [0.717, 1.165) is 11.8 Å². The second-order valence-corrected chi connectivity index (χ2v) is 4.79. The zero-order valence-electron chi connectivity index (χ0n) is 11.0. The van der Waals surface area contributed by atoms with Gasteiger partial charge in [0.15, 0.2) is 0 Å². The van der Waals surface area contributed by atoms with Gasteiger partial charge in [0.25, 0.3) is 0 Å². The molecule has 5 heteroatoms. The molecule has 0 fully saturated rings. The number of aromatic nitrogens is 2. The fourth-order valence-corrected chi connectivity index (χ4v) is 1.84. The van der Waals surface area contributed by atoms with E-state index in [2.05, 4.69) is 24.3 Å². The van der Waals surface area contributed by atoms with Crippen molar-refractivity contribution in [2.45, 2.75) is 33.0 Å². The minimum Gasteiger partial charge on any atom is -0.309 e. The number of hydrogen-bond donors (Lipinski definition) is 1. The fraction of sp³-hybridized carbons (Fsp3) is 0.357. The van der Waals surface area contributed by atoms with E-state index < -0.39 is 11.6 Å². The smallest absolute Gasteiger partial charge is 0.126 e. The van der Waals surface area contributed by atoms with E-state index in [1.165, 1.54) is 12.1 Å². The van der Waals surface area contributed by atoms with E-state index in [-0.39, 0.29) is 0 Å². The van der Waals surface area contributed by atoms with Crippen LogP contribution in [-0.4, -0.2) is 15.8 Å². The van der Waals surface area contributed by atoms with Crippen molar-refractivity contribution < 1.29 is 8.78 Å². The number of rotatable bonds is 5. The van der Waals surface area contributed by atoms with E-state index in [0.29, 0.717) is 24.7 Å². The lowest BCUT2D eigenvalue weighted by Crippen LogP contribution is -2.23. The normalized spacial score (nSPS) is 11.2. The average molecular weight is 265 g/mol. The summed E-state index contributed by atoms with van der Waals surface area (Å²) in [5.41, 5.74) is 1.55. The minimum absolute atomic E-state index is 0.358. The van der Waals surface area contributed by atoms with Crippen LogP contribution in [0.5, 0.6) is 0 Å². The van der Waals surface area contributed by atoms with Gasteiger partial charge >= 0.3 is 0 Å². The quantitative estimate of drug-likeness (QED) is 0.900. The molecule has 0 amide bonds. The average Bonchev–Trinajstić information content (AvgIpc) is 2.72. The molecule has 0 aliphatic rings. The van der Waals surface area contributed by atoms with Crippen molar-refractivity contribution in [1.29, 1.82) is 0 Å². The molecule has 0 spiro atoms. The first-order chi connectivity index (χ1) is 9.04. The van der Waals surface area contributed by atoms with Crippen LogP contribution in [0.15, 0.2) is 30.5 Å². The second-order valence-electron chi connectivity index (χ2n) is 4.79. The Hall–Kier alpha value is -1.75. The van der Waals surface area contributed by atoms with Crippen LogP contribution in [0.4, 0.5) is 8.78 Å². The summed E-state index contributed by atoms with van der Waals surface area (Å²) in [7, 11) is 0. The molecular weight excluding hydrogens is 248 g/mol. The van der Waals surface area contributed by atoms with Crippen molar-refractivity contribution in [2.75, 3.05) is 0 Å². The van der Waals surface area contributed by atoms with Crippen LogP contribution >= 0.6 is 0 Å². The summed E-state index contributed by atoms with van der Waals surface area (Å²) in [4.78, 5) is 0. The minimum atomic E-state index is -0.566. The largest absolute Gasteiger partial charge is 0.309 e. The lowest BCUT2D eigenvalue weighted by Gasteiger charge is -2.11. The van der Waals surface area contributed by atoms with E-state index in [9.17, 15) is 8.78 Å². The molecule has 3 nitrogen and oxygen atoms in total. The molecule has 0 radical (unpaired) electrons. The Balaban J connectivity index is 2.12. The molecule has 1 heterocycles. The summed E-state index contributed by atoms with van der Waals surface area (Å²) in [5.74, 6) is -1.13. The number of halogens is 2. The molecule has 1 aromatic carbocycles. The Morgan fingerprint density at radius 2 is 1.89 bits per heavy atom. The summed E-state index contributed by atoms with van der Waals surface area (Å²) >= 11 is 0. The lowest BCUT2D eigenvalue weighted by atomic mass is 10.2. The van der Waals surface area contributed by atoms with Crippen LogP contribution in [0, 0.1) is 11.6 Å². The van der Waals surface area contributed by atoms with Crippen molar-refractivity contribution in [1.82, 2.24) is 15.1 Å². The molecule has 0 saturated carbocycles. The number of hydrogen-bond acceptors (Lipinski definition) is 2. The van der Waals surface area contributed by atoms with Crippen LogP contribution < -0.4 is 5.32 Å². The van der Waals surface area contributed by atoms with Crippen molar-refractivity contribution in [3.05, 3.63) is 53.4 Å². The molecule has 2 rings (SSSR count). The van der Waals surface area contributed by atoms with E-state index in [1.54, 1.807) is 10.9 Å². The topological polar surface area (TPSA) is 29.9 Å². The standard InChI is InChI=1S/C14H17F2N3/c1-10(2)17-8-14-3-4-18-19(14)9-11-5-12(15)7-13(16)6-11/h3-7,10,17H,8-9H2,1-2H3. The van der Waals surface area contributed by atoms with E-state index in [4.69, 9.17) is 0 Å². The third kappa shape index (κ3) is 3.86. The van der Waals surface area contributed by atoms with Crippen LogP contribution in [0.25, 0.3) is 0 Å². The monoisotopic (exact) mass is 265 g/mol. The molecule has 0 saturated heterocycles. The van der Waals surface area contributed by atoms with Gasteiger partial charge in [0.2, 0.25) is 0 Å². The third-order valence-corrected chi connectivity index (χ3v) is 2.75. The molecule has 19 heavy (non-hydrogen) atoms. The van der Waals surface area contributed by atoms with Crippen LogP contribution in [-0.2, 0) is 13.1 Å². The zero-order valence-corrected chi connectivity index (χ0v) is 11.0. The molecule has 0 bridgehead atoms. The number of nitrogens with zero attached hydrogens (tertiary/aromatic N) is 2. The van der Waals surface area contributed by atoms with Gasteiger partial charge in [-0.3, -0.25) is 4.68 Å². The fourth-order valence-electron chi connectivity index (χ4n) is 1.84. The van der Waals surface area contributed by atoms with Crippen molar-refractivity contribution >= 4 is 0 Å². The molecule has 1 aromatic heterocycles. The van der Waals surface area contributed by atoms with Gasteiger partial charge in [0, 0.05) is 24.8 Å². The van der Waals surface area contributed by atoms with Crippen LogP contribution in [0.3, 0.4) is 0 Å². The number of nitrogens with one attached hydrogen (secondary N) is 1. The van der Waals surface area contributed by atoms with Gasteiger partial charge in [-0.05, 0) is 23.8 Å². The van der Waals surface area contributed by atoms with Gasteiger partial charge in [-0.25, -0.2) is 8.78 Å². The Morgan fingerprint density at radius 1 is 1.21 bits per heavy atom. The first-order valence-corrected chi connectivity index (χ1v) is 6.23. The first kappa shape index (κ1) is 13.7. The highest BCUT2D eigenvalue weighted by Gasteiger charge is 2.06. The first-order valence-electron chi connectivity index (χ1n) is 6.23. The summed E-state index contributed by atoms with van der Waals surface area (Å²) in [6.45, 7) is 5.15. The molecular formula is C14H17F2N3. The van der Waals surface area contributed by atoms with E-state index >= 15 is 0 Å². The Labute approximate surface area is 111 Å². The molecule has 0 aliphatic carbocycles. The number of benzene rings is 1. The lowest BCUT2D eigenvalue weighted by molar-refractivity contribution is 0.542. The molecule has 0 atom stereocenters. The van der Waals surface area contributed by atoms with Gasteiger partial charge in [-0.2, -0.15) is 5.10 Å². The summed E-state index contributed by atoms with van der Waals surface area (Å²) in [6.07, 6.45) is 1.69. The van der Waals surface area contributed by atoms with Gasteiger partial charge < -0.3 is 5.32 Å².